The first-order chi connectivity index (χ1) is 13.2. The molecule has 0 bridgehead atoms. The molecule has 3 unspecified atom stereocenters. The Balaban J connectivity index is 1.52. The van der Waals surface area contributed by atoms with Crippen LogP contribution < -0.4 is 9.47 Å². The van der Waals surface area contributed by atoms with Crippen molar-refractivity contribution in [3.05, 3.63) is 23.3 Å². The maximum absolute atomic E-state index is 13.1. The van der Waals surface area contributed by atoms with Crippen molar-refractivity contribution in [2.45, 2.75) is 70.1 Å². The Kier molecular flexibility index (Phi) is 5.31. The molecular weight excluding hydrogens is 361 g/mol. The second-order valence-electron chi connectivity index (χ2n) is 9.36. The van der Waals surface area contributed by atoms with E-state index in [2.05, 4.69) is 4.90 Å². The summed E-state index contributed by atoms with van der Waals surface area (Å²) in [4.78, 5) is 2.41. The molecule has 0 spiro atoms. The summed E-state index contributed by atoms with van der Waals surface area (Å²) in [6.07, 6.45) is 0.769. The molecule has 0 radical (unpaired) electrons. The number of hydrogen-bond acceptors (Lipinski definition) is 5. The van der Waals surface area contributed by atoms with Crippen molar-refractivity contribution in [2.75, 3.05) is 26.8 Å². The van der Waals surface area contributed by atoms with Crippen LogP contribution in [0.5, 0.6) is 11.5 Å². The Labute approximate surface area is 166 Å². The van der Waals surface area contributed by atoms with E-state index < -0.39 is 12.3 Å². The van der Waals surface area contributed by atoms with Gasteiger partial charge in [-0.25, -0.2) is 4.39 Å². The van der Waals surface area contributed by atoms with Crippen molar-refractivity contribution in [1.29, 1.82) is 0 Å². The Hall–Kier alpha value is -1.37. The van der Waals surface area contributed by atoms with E-state index in [1.807, 2.05) is 32.9 Å². The van der Waals surface area contributed by atoms with Crippen molar-refractivity contribution < 1.29 is 23.7 Å². The third-order valence-corrected chi connectivity index (χ3v) is 6.00. The van der Waals surface area contributed by atoms with Gasteiger partial charge >= 0.3 is 0 Å². The number of aliphatic hydroxyl groups excluding tert-OH is 1. The number of benzene rings is 1. The van der Waals surface area contributed by atoms with E-state index in [0.717, 1.165) is 19.5 Å². The molecule has 4 rings (SSSR count). The van der Waals surface area contributed by atoms with Gasteiger partial charge in [-0.1, -0.05) is 0 Å². The first kappa shape index (κ1) is 19.9. The largest absolute Gasteiger partial charge is 0.493 e. The zero-order valence-electron chi connectivity index (χ0n) is 17.3. The minimum Gasteiger partial charge on any atom is -0.493 e. The lowest BCUT2D eigenvalue weighted by Crippen LogP contribution is -2.53. The summed E-state index contributed by atoms with van der Waals surface area (Å²) in [7, 11) is 1.63. The Morgan fingerprint density at radius 1 is 1.21 bits per heavy atom. The summed E-state index contributed by atoms with van der Waals surface area (Å²) >= 11 is 0. The van der Waals surface area contributed by atoms with E-state index in [9.17, 15) is 9.50 Å². The third-order valence-electron chi connectivity index (χ3n) is 6.00. The quantitative estimate of drug-likeness (QED) is 0.832. The highest BCUT2D eigenvalue weighted by Crippen LogP contribution is 2.43. The van der Waals surface area contributed by atoms with E-state index >= 15 is 0 Å². The average Bonchev–Trinajstić information content (AvgIpc) is 3.34. The number of halogens is 1. The van der Waals surface area contributed by atoms with Crippen LogP contribution in [0.2, 0.25) is 0 Å². The minimum absolute atomic E-state index is 0.0180. The topological polar surface area (TPSA) is 51.2 Å². The van der Waals surface area contributed by atoms with Crippen LogP contribution in [-0.4, -0.2) is 60.8 Å². The van der Waals surface area contributed by atoms with E-state index in [1.165, 1.54) is 11.1 Å². The summed E-state index contributed by atoms with van der Waals surface area (Å²) in [5.41, 5.74) is 2.15. The van der Waals surface area contributed by atoms with Crippen molar-refractivity contribution in [3.8, 4) is 11.5 Å². The van der Waals surface area contributed by atoms with Gasteiger partial charge in [-0.05, 0) is 63.3 Å². The monoisotopic (exact) mass is 393 g/mol. The van der Waals surface area contributed by atoms with E-state index in [4.69, 9.17) is 14.2 Å². The number of nitrogens with zero attached hydrogens (tertiary/aromatic N) is 1. The fourth-order valence-corrected chi connectivity index (χ4v) is 4.41. The van der Waals surface area contributed by atoms with Crippen molar-refractivity contribution in [1.82, 2.24) is 4.90 Å². The van der Waals surface area contributed by atoms with Crippen LogP contribution in [0.4, 0.5) is 4.39 Å². The molecule has 2 heterocycles. The number of methoxy groups -OCH3 is 1. The highest BCUT2D eigenvalue weighted by Gasteiger charge is 2.41. The summed E-state index contributed by atoms with van der Waals surface area (Å²) in [6, 6.07) is 4.24. The SMILES string of the molecule is COc1cc2c(cc1OC[C@H]1C[C@H]1F)CCN1CC(OC(C)(C)C)C(O)CC21. The molecule has 1 aromatic rings. The van der Waals surface area contributed by atoms with Crippen molar-refractivity contribution >= 4 is 0 Å². The van der Waals surface area contributed by atoms with Gasteiger partial charge in [0.2, 0.25) is 0 Å². The molecule has 1 saturated carbocycles. The molecule has 0 aromatic heterocycles. The lowest BCUT2D eigenvalue weighted by molar-refractivity contribution is -0.149. The lowest BCUT2D eigenvalue weighted by Gasteiger charge is -2.46. The van der Waals surface area contributed by atoms with Gasteiger partial charge in [-0.2, -0.15) is 0 Å². The van der Waals surface area contributed by atoms with Crippen LogP contribution in [-0.2, 0) is 11.2 Å². The number of alkyl halides is 1. The fourth-order valence-electron chi connectivity index (χ4n) is 4.41. The van der Waals surface area contributed by atoms with Crippen molar-refractivity contribution in [3.63, 3.8) is 0 Å². The average molecular weight is 393 g/mol. The van der Waals surface area contributed by atoms with Gasteiger partial charge in [0.15, 0.2) is 11.5 Å². The molecule has 156 valence electrons. The molecule has 0 amide bonds. The number of rotatable bonds is 5. The Morgan fingerprint density at radius 2 is 1.96 bits per heavy atom. The van der Waals surface area contributed by atoms with Gasteiger partial charge in [0.1, 0.15) is 6.17 Å². The molecule has 3 aliphatic rings. The first-order valence-corrected chi connectivity index (χ1v) is 10.3. The van der Waals surface area contributed by atoms with Crippen molar-refractivity contribution in [2.24, 2.45) is 5.92 Å². The molecule has 5 nitrogen and oxygen atoms in total. The normalized spacial score (nSPS) is 32.4. The zero-order valence-corrected chi connectivity index (χ0v) is 17.3. The van der Waals surface area contributed by atoms with Gasteiger partial charge in [-0.3, -0.25) is 4.90 Å². The highest BCUT2D eigenvalue weighted by atomic mass is 19.1. The third kappa shape index (κ3) is 4.14. The molecule has 6 heteroatoms. The molecule has 1 aliphatic carbocycles. The van der Waals surface area contributed by atoms with Gasteiger partial charge < -0.3 is 19.3 Å². The second-order valence-corrected chi connectivity index (χ2v) is 9.36. The van der Waals surface area contributed by atoms with Crippen LogP contribution in [0, 0.1) is 5.92 Å². The maximum Gasteiger partial charge on any atom is 0.161 e. The van der Waals surface area contributed by atoms with Crippen LogP contribution in [0.25, 0.3) is 0 Å². The zero-order chi connectivity index (χ0) is 20.1. The molecule has 1 aromatic carbocycles. The standard InChI is InChI=1S/C22H32FNO4/c1-22(2,3)28-21-11-24-6-5-13-8-20(27-12-14-7-16(14)23)19(26-4)9-15(13)17(24)10-18(21)25/h8-9,14,16-18,21,25H,5-7,10-12H2,1-4H3/t14-,16-,17?,18?,21?/m1/s1. The summed E-state index contributed by atoms with van der Waals surface area (Å²) in [6.45, 7) is 8.12. The summed E-state index contributed by atoms with van der Waals surface area (Å²) in [5, 5.41) is 10.7. The van der Waals surface area contributed by atoms with Gasteiger partial charge in [0.25, 0.3) is 0 Å². The van der Waals surface area contributed by atoms with Crippen LogP contribution in [0.15, 0.2) is 12.1 Å². The molecule has 2 aliphatic heterocycles. The number of hydrogen-bond donors (Lipinski definition) is 1. The number of aliphatic hydroxyl groups is 1. The van der Waals surface area contributed by atoms with Gasteiger partial charge in [0.05, 0.1) is 31.5 Å². The molecule has 5 atom stereocenters. The molecule has 1 N–H and O–H groups in total. The van der Waals surface area contributed by atoms with E-state index in [0.29, 0.717) is 30.9 Å². The predicted molar refractivity (Wildman–Crippen MR) is 105 cm³/mol. The lowest BCUT2D eigenvalue weighted by atomic mass is 9.84. The summed E-state index contributed by atoms with van der Waals surface area (Å²) in [5.74, 6) is 1.39. The van der Waals surface area contributed by atoms with Crippen LogP contribution in [0.1, 0.15) is 50.8 Å². The molecule has 1 saturated heterocycles. The highest BCUT2D eigenvalue weighted by molar-refractivity contribution is 5.49. The first-order valence-electron chi connectivity index (χ1n) is 10.3. The number of piperidine rings is 1. The number of fused-ring (bicyclic) bond motifs is 3. The second kappa shape index (κ2) is 7.47. The van der Waals surface area contributed by atoms with E-state index in [1.54, 1.807) is 7.11 Å². The molecular formula is C22H32FNO4. The fraction of sp³-hybridized carbons (Fsp3) is 0.727. The number of ether oxygens (including phenoxy) is 3. The predicted octanol–water partition coefficient (Wildman–Crippen LogP) is 3.28. The van der Waals surface area contributed by atoms with Crippen LogP contribution in [0.3, 0.4) is 0 Å². The molecule has 2 fully saturated rings. The smallest absolute Gasteiger partial charge is 0.161 e. The van der Waals surface area contributed by atoms with Crippen LogP contribution >= 0.6 is 0 Å². The van der Waals surface area contributed by atoms with Gasteiger partial charge in [-0.15, -0.1) is 0 Å². The summed E-state index contributed by atoms with van der Waals surface area (Å²) < 4.78 is 30.7. The maximum atomic E-state index is 13.1. The Morgan fingerprint density at radius 3 is 2.61 bits per heavy atom. The molecule has 28 heavy (non-hydrogen) atoms. The Bertz CT molecular complexity index is 719. The van der Waals surface area contributed by atoms with E-state index in [-0.39, 0.29) is 23.7 Å². The van der Waals surface area contributed by atoms with Gasteiger partial charge in [0, 0.05) is 25.0 Å². The minimum atomic E-state index is -0.718.